The Kier molecular flexibility index (Phi) is 10.5. The smallest absolute Gasteiger partial charge is 0.137 e. The molecule has 2 aliphatic heterocycles. The van der Waals surface area contributed by atoms with Crippen LogP contribution in [-0.2, 0) is 17.6 Å². The van der Waals surface area contributed by atoms with Gasteiger partial charge in [0.2, 0.25) is 0 Å². The number of hydrogen-bond donors (Lipinski definition) is 4. The highest BCUT2D eigenvalue weighted by Crippen LogP contribution is 2.34. The maximum absolute atomic E-state index is 10.5. The molecule has 1 fully saturated rings. The lowest BCUT2D eigenvalue weighted by atomic mass is 9.89. The summed E-state index contributed by atoms with van der Waals surface area (Å²) in [6.45, 7) is 2.05. The molecule has 6 atom stereocenters. The number of aliphatic hydroxyl groups is 4. The van der Waals surface area contributed by atoms with Crippen molar-refractivity contribution in [1.82, 2.24) is 0 Å². The van der Waals surface area contributed by atoms with E-state index >= 15 is 0 Å². The Morgan fingerprint density at radius 3 is 2.33 bits per heavy atom. The van der Waals surface area contributed by atoms with E-state index in [-0.39, 0.29) is 11.4 Å². The summed E-state index contributed by atoms with van der Waals surface area (Å²) in [5, 5.41) is 40.4. The molecule has 5 rings (SSSR count). The molecule has 0 radical (unpaired) electrons. The molecule has 0 bridgehead atoms. The van der Waals surface area contributed by atoms with Crippen LogP contribution in [0.25, 0.3) is 0 Å². The first-order valence-electron chi connectivity index (χ1n) is 12.8. The van der Waals surface area contributed by atoms with Crippen molar-refractivity contribution in [3.8, 4) is 11.5 Å². The van der Waals surface area contributed by atoms with Crippen LogP contribution < -0.4 is 9.47 Å². The molecular formula is C30H34Cl2O7. The van der Waals surface area contributed by atoms with Crippen molar-refractivity contribution in [2.75, 3.05) is 18.6 Å². The van der Waals surface area contributed by atoms with Crippen molar-refractivity contribution in [2.45, 2.75) is 56.4 Å². The Balaban J connectivity index is 0.00000112. The predicted molar refractivity (Wildman–Crippen MR) is 150 cm³/mol. The summed E-state index contributed by atoms with van der Waals surface area (Å²) in [5.41, 5.74) is 5.13. The van der Waals surface area contributed by atoms with E-state index in [1.54, 1.807) is 0 Å². The van der Waals surface area contributed by atoms with Gasteiger partial charge in [0.15, 0.2) is 0 Å². The van der Waals surface area contributed by atoms with E-state index in [2.05, 4.69) is 6.07 Å². The van der Waals surface area contributed by atoms with Gasteiger partial charge in [-0.25, -0.2) is 0 Å². The van der Waals surface area contributed by atoms with Crippen molar-refractivity contribution >= 4 is 23.2 Å². The average Bonchev–Trinajstić information content (AvgIpc) is 3.36. The van der Waals surface area contributed by atoms with E-state index in [4.69, 9.17) is 37.4 Å². The summed E-state index contributed by atoms with van der Waals surface area (Å²) >= 11 is 9.53. The molecule has 210 valence electrons. The van der Waals surface area contributed by atoms with Crippen LogP contribution in [0.1, 0.15) is 33.9 Å². The molecule has 3 aromatic rings. The van der Waals surface area contributed by atoms with Gasteiger partial charge in [-0.05, 0) is 59.4 Å². The van der Waals surface area contributed by atoms with Gasteiger partial charge in [-0.15, -0.1) is 23.2 Å². The fourth-order valence-corrected chi connectivity index (χ4v) is 4.90. The molecule has 2 heterocycles. The monoisotopic (exact) mass is 576 g/mol. The number of fused-ring (bicyclic) bond motifs is 1. The van der Waals surface area contributed by atoms with E-state index in [1.807, 2.05) is 67.6 Å². The number of alkyl halides is 2. The highest BCUT2D eigenvalue weighted by molar-refractivity contribution is 6.40. The second kappa shape index (κ2) is 13.8. The molecule has 0 aromatic heterocycles. The minimum Gasteiger partial charge on any atom is -0.490 e. The van der Waals surface area contributed by atoms with Gasteiger partial charge in [-0.2, -0.15) is 0 Å². The van der Waals surface area contributed by atoms with E-state index < -0.39 is 37.1 Å². The van der Waals surface area contributed by atoms with Crippen LogP contribution in [0.15, 0.2) is 66.7 Å². The molecule has 0 aliphatic carbocycles. The molecule has 7 nitrogen and oxygen atoms in total. The van der Waals surface area contributed by atoms with Crippen LogP contribution in [0, 0.1) is 6.92 Å². The summed E-state index contributed by atoms with van der Waals surface area (Å²) in [7, 11) is 0. The van der Waals surface area contributed by atoms with Crippen LogP contribution in [0.4, 0.5) is 0 Å². The first kappa shape index (κ1) is 29.6. The van der Waals surface area contributed by atoms with Crippen molar-refractivity contribution in [2.24, 2.45) is 0 Å². The zero-order valence-corrected chi connectivity index (χ0v) is 23.1. The molecule has 1 unspecified atom stereocenters. The summed E-state index contributed by atoms with van der Waals surface area (Å²) in [4.78, 5) is 0. The number of rotatable bonds is 7. The van der Waals surface area contributed by atoms with Gasteiger partial charge >= 0.3 is 0 Å². The minimum atomic E-state index is -1.40. The molecular weight excluding hydrogens is 543 g/mol. The second-order valence-electron chi connectivity index (χ2n) is 9.72. The van der Waals surface area contributed by atoms with E-state index in [0.717, 1.165) is 34.6 Å². The number of ether oxygens (including phenoxy) is 3. The quantitative estimate of drug-likeness (QED) is 0.316. The third-order valence-electron chi connectivity index (χ3n) is 7.06. The third-order valence-corrected chi connectivity index (χ3v) is 7.06. The molecule has 0 spiro atoms. The van der Waals surface area contributed by atoms with Gasteiger partial charge in [0.25, 0.3) is 0 Å². The molecule has 39 heavy (non-hydrogen) atoms. The fraction of sp³-hybridized carbons (Fsp3) is 0.400. The molecule has 3 aromatic carbocycles. The van der Waals surface area contributed by atoms with Gasteiger partial charge in [-0.3, -0.25) is 0 Å². The Morgan fingerprint density at radius 1 is 0.923 bits per heavy atom. The summed E-state index contributed by atoms with van der Waals surface area (Å²) < 4.78 is 17.6. The Bertz CT molecular complexity index is 1180. The first-order valence-corrected chi connectivity index (χ1v) is 13.9. The van der Waals surface area contributed by atoms with E-state index in [1.165, 1.54) is 5.56 Å². The number of para-hydroxylation sites is 1. The highest BCUT2D eigenvalue weighted by atomic mass is 35.5. The predicted octanol–water partition coefficient (Wildman–Crippen LogP) is 3.90. The molecule has 4 N–H and O–H groups in total. The van der Waals surface area contributed by atoms with Crippen LogP contribution >= 0.6 is 23.2 Å². The topological polar surface area (TPSA) is 109 Å². The number of aliphatic hydroxyl groups excluding tert-OH is 4. The van der Waals surface area contributed by atoms with E-state index in [0.29, 0.717) is 18.6 Å². The largest absolute Gasteiger partial charge is 0.490 e. The third kappa shape index (κ3) is 7.24. The lowest BCUT2D eigenvalue weighted by Crippen LogP contribution is -2.55. The average molecular weight is 578 g/mol. The molecule has 9 heteroatoms. The van der Waals surface area contributed by atoms with Gasteiger partial charge < -0.3 is 34.6 Å². The number of aryl methyl sites for hydroxylation is 1. The SMILES string of the molecule is Cc1ccc([C@@H]2O[C@H](CO)[C@@H](O)[C@H](O)[C@H]2O)cc1Cc1ccc(OCC2Cc3ccccc3O2)cc1.ClCCl. The normalized spacial score (nSPS) is 25.7. The van der Waals surface area contributed by atoms with Gasteiger partial charge in [0.1, 0.15) is 54.7 Å². The lowest BCUT2D eigenvalue weighted by molar-refractivity contribution is -0.231. The second-order valence-corrected chi connectivity index (χ2v) is 10.5. The molecule has 2 aliphatic rings. The maximum Gasteiger partial charge on any atom is 0.137 e. The summed E-state index contributed by atoms with van der Waals surface area (Å²) in [6, 6.07) is 21.8. The number of hydrogen-bond acceptors (Lipinski definition) is 7. The van der Waals surface area contributed by atoms with Gasteiger partial charge in [-0.1, -0.05) is 48.5 Å². The van der Waals surface area contributed by atoms with Crippen LogP contribution in [0.2, 0.25) is 0 Å². The van der Waals surface area contributed by atoms with Crippen LogP contribution in [0.3, 0.4) is 0 Å². The molecule has 0 saturated carbocycles. The van der Waals surface area contributed by atoms with Crippen molar-refractivity contribution < 1.29 is 34.6 Å². The Labute approximate surface area is 238 Å². The fourth-order valence-electron chi connectivity index (χ4n) is 4.90. The Hall–Kier alpha value is -2.36. The Morgan fingerprint density at radius 2 is 1.64 bits per heavy atom. The highest BCUT2D eigenvalue weighted by Gasteiger charge is 2.44. The molecule has 0 amide bonds. The van der Waals surface area contributed by atoms with Crippen LogP contribution in [0.5, 0.6) is 11.5 Å². The van der Waals surface area contributed by atoms with Gasteiger partial charge in [0, 0.05) is 6.42 Å². The first-order chi connectivity index (χ1) is 18.8. The summed E-state index contributed by atoms with van der Waals surface area (Å²) in [5.74, 6) is 1.72. The zero-order chi connectivity index (χ0) is 27.9. The standard InChI is InChI=1S/C29H32O7.CH2Cl2/c1-17-6-9-20(29-28(33)27(32)26(31)25(15-30)36-29)13-21(17)12-18-7-10-22(11-8-18)34-16-23-14-19-4-2-3-5-24(19)35-23;2-1-3/h2-11,13,23,25-33H,12,14-16H2,1H3;1H2/t23?,25-,26-,27+,28-,29+;/m1./s1. The van der Waals surface area contributed by atoms with Crippen molar-refractivity contribution in [1.29, 1.82) is 0 Å². The number of benzene rings is 3. The van der Waals surface area contributed by atoms with E-state index in [9.17, 15) is 20.4 Å². The maximum atomic E-state index is 10.5. The zero-order valence-electron chi connectivity index (χ0n) is 21.6. The van der Waals surface area contributed by atoms with Gasteiger partial charge in [0.05, 0.1) is 11.9 Å². The number of halogens is 2. The summed E-state index contributed by atoms with van der Waals surface area (Å²) in [6.07, 6.45) is -4.34. The lowest BCUT2D eigenvalue weighted by Gasteiger charge is -2.40. The van der Waals surface area contributed by atoms with Crippen LogP contribution in [-0.4, -0.2) is 69.5 Å². The minimum absolute atomic E-state index is 0.00915. The van der Waals surface area contributed by atoms with Crippen molar-refractivity contribution in [3.05, 3.63) is 94.5 Å². The van der Waals surface area contributed by atoms with Crippen molar-refractivity contribution in [3.63, 3.8) is 0 Å². The molecule has 1 saturated heterocycles.